The third-order valence-corrected chi connectivity index (χ3v) is 7.20. The third kappa shape index (κ3) is 4.92. The van der Waals surface area contributed by atoms with Gasteiger partial charge < -0.3 is 19.3 Å². The lowest BCUT2D eigenvalue weighted by Crippen LogP contribution is -2.47. The fraction of sp³-hybridized carbons (Fsp3) is 0.423. The first-order chi connectivity index (χ1) is 15.7. The van der Waals surface area contributed by atoms with Gasteiger partial charge in [-0.15, -0.1) is 0 Å². The van der Waals surface area contributed by atoms with E-state index in [2.05, 4.69) is 69.1 Å². The standard InChI is InChI=1S/C26H30BrN3O2/c1-19-2-5-22-23(27)6-4-21(26(22)28-19)9-11-30-14-12-29(13-15-30)10-8-20-3-7-24-25(18-20)32-17-16-31-24/h2-7,18H,8-17H2,1H3. The lowest BCUT2D eigenvalue weighted by molar-refractivity contribution is 0.134. The van der Waals surface area contributed by atoms with E-state index in [0.717, 1.165) is 79.3 Å². The highest BCUT2D eigenvalue weighted by Crippen LogP contribution is 2.31. The van der Waals surface area contributed by atoms with Gasteiger partial charge in [0.25, 0.3) is 0 Å². The van der Waals surface area contributed by atoms with E-state index in [4.69, 9.17) is 14.5 Å². The maximum absolute atomic E-state index is 5.72. The van der Waals surface area contributed by atoms with Gasteiger partial charge in [-0.2, -0.15) is 0 Å². The van der Waals surface area contributed by atoms with E-state index in [1.807, 2.05) is 6.07 Å². The van der Waals surface area contributed by atoms with Crippen LogP contribution in [0, 0.1) is 6.92 Å². The number of halogens is 1. The quantitative estimate of drug-likeness (QED) is 0.503. The van der Waals surface area contributed by atoms with Crippen LogP contribution in [0.25, 0.3) is 10.9 Å². The number of hydrogen-bond acceptors (Lipinski definition) is 5. The zero-order valence-corrected chi connectivity index (χ0v) is 20.2. The van der Waals surface area contributed by atoms with E-state index in [-0.39, 0.29) is 0 Å². The van der Waals surface area contributed by atoms with E-state index in [0.29, 0.717) is 13.2 Å². The fourth-order valence-electron chi connectivity index (χ4n) is 4.58. The summed E-state index contributed by atoms with van der Waals surface area (Å²) in [6.07, 6.45) is 2.09. The number of fused-ring (bicyclic) bond motifs is 2. The van der Waals surface area contributed by atoms with Crippen molar-refractivity contribution in [2.75, 3.05) is 52.5 Å². The van der Waals surface area contributed by atoms with E-state index in [9.17, 15) is 0 Å². The van der Waals surface area contributed by atoms with Crippen LogP contribution < -0.4 is 9.47 Å². The number of benzene rings is 2. The normalized spacial score (nSPS) is 17.1. The minimum atomic E-state index is 0.643. The highest BCUT2D eigenvalue weighted by atomic mass is 79.9. The number of aromatic nitrogens is 1. The molecule has 5 rings (SSSR count). The topological polar surface area (TPSA) is 37.8 Å². The molecule has 32 heavy (non-hydrogen) atoms. The van der Waals surface area contributed by atoms with Gasteiger partial charge in [-0.05, 0) is 61.2 Å². The molecule has 2 aromatic carbocycles. The molecule has 0 spiro atoms. The van der Waals surface area contributed by atoms with Crippen molar-refractivity contribution in [2.45, 2.75) is 19.8 Å². The Balaban J connectivity index is 1.11. The summed E-state index contributed by atoms with van der Waals surface area (Å²) in [6, 6.07) is 15.0. The van der Waals surface area contributed by atoms with Crippen LogP contribution in [0.5, 0.6) is 11.5 Å². The molecule has 2 aliphatic rings. The maximum Gasteiger partial charge on any atom is 0.161 e. The fourth-order valence-corrected chi connectivity index (χ4v) is 5.04. The summed E-state index contributed by atoms with van der Waals surface area (Å²) >= 11 is 3.67. The molecule has 0 radical (unpaired) electrons. The molecule has 3 aromatic rings. The number of piperazine rings is 1. The Kier molecular flexibility index (Phi) is 6.62. The molecule has 1 fully saturated rings. The summed E-state index contributed by atoms with van der Waals surface area (Å²) in [5.74, 6) is 1.77. The SMILES string of the molecule is Cc1ccc2c(Br)ccc(CCN3CCN(CCc4ccc5c(c4)OCCO5)CC3)c2n1. The second-order valence-corrected chi connectivity index (χ2v) is 9.57. The number of ether oxygens (including phenoxy) is 2. The van der Waals surface area contributed by atoms with Crippen molar-refractivity contribution >= 4 is 26.8 Å². The van der Waals surface area contributed by atoms with Crippen LogP contribution in [-0.2, 0) is 12.8 Å². The Morgan fingerprint density at radius 1 is 0.844 bits per heavy atom. The molecule has 0 amide bonds. The largest absolute Gasteiger partial charge is 0.486 e. The van der Waals surface area contributed by atoms with Crippen LogP contribution in [0.3, 0.4) is 0 Å². The smallest absolute Gasteiger partial charge is 0.161 e. The Bertz CT molecular complexity index is 1100. The van der Waals surface area contributed by atoms with Crippen LogP contribution >= 0.6 is 15.9 Å². The summed E-state index contributed by atoms with van der Waals surface area (Å²) in [5, 5.41) is 1.21. The number of nitrogens with zero attached hydrogens (tertiary/aromatic N) is 3. The Labute approximate surface area is 198 Å². The van der Waals surface area contributed by atoms with Crippen molar-refractivity contribution in [3.8, 4) is 11.5 Å². The predicted molar refractivity (Wildman–Crippen MR) is 132 cm³/mol. The molecule has 0 aliphatic carbocycles. The van der Waals surface area contributed by atoms with Crippen LogP contribution in [0.2, 0.25) is 0 Å². The molecule has 6 heteroatoms. The molecule has 2 aliphatic heterocycles. The molecule has 0 bridgehead atoms. The summed E-state index contributed by atoms with van der Waals surface area (Å²) in [6.45, 7) is 10.0. The molecule has 0 N–H and O–H groups in total. The molecule has 0 atom stereocenters. The minimum Gasteiger partial charge on any atom is -0.486 e. The minimum absolute atomic E-state index is 0.643. The average molecular weight is 496 g/mol. The van der Waals surface area contributed by atoms with Gasteiger partial charge in [0, 0.05) is 54.8 Å². The van der Waals surface area contributed by atoms with Crippen molar-refractivity contribution < 1.29 is 9.47 Å². The number of hydrogen-bond donors (Lipinski definition) is 0. The number of aryl methyl sites for hydroxylation is 1. The van der Waals surface area contributed by atoms with E-state index >= 15 is 0 Å². The zero-order valence-electron chi connectivity index (χ0n) is 18.6. The number of pyridine rings is 1. The molecule has 1 saturated heterocycles. The van der Waals surface area contributed by atoms with E-state index < -0.39 is 0 Å². The van der Waals surface area contributed by atoms with Gasteiger partial charge in [-0.25, -0.2) is 0 Å². The molecule has 0 unspecified atom stereocenters. The van der Waals surface area contributed by atoms with Crippen molar-refractivity contribution in [1.82, 2.24) is 14.8 Å². The van der Waals surface area contributed by atoms with Crippen LogP contribution in [0.4, 0.5) is 0 Å². The molecular weight excluding hydrogens is 466 g/mol. The van der Waals surface area contributed by atoms with E-state index in [1.165, 1.54) is 16.5 Å². The second kappa shape index (κ2) is 9.77. The van der Waals surface area contributed by atoms with Gasteiger partial charge in [0.15, 0.2) is 11.5 Å². The van der Waals surface area contributed by atoms with Crippen molar-refractivity contribution in [3.05, 3.63) is 63.8 Å². The summed E-state index contributed by atoms with van der Waals surface area (Å²) in [5.41, 5.74) is 4.87. The molecular formula is C26H30BrN3O2. The third-order valence-electron chi connectivity index (χ3n) is 6.51. The first kappa shape index (κ1) is 21.7. The Morgan fingerprint density at radius 2 is 1.56 bits per heavy atom. The molecule has 0 saturated carbocycles. The first-order valence-corrected chi connectivity index (χ1v) is 12.3. The summed E-state index contributed by atoms with van der Waals surface area (Å²) in [4.78, 5) is 9.98. The monoisotopic (exact) mass is 495 g/mol. The molecule has 5 nitrogen and oxygen atoms in total. The van der Waals surface area contributed by atoms with Crippen molar-refractivity contribution in [1.29, 1.82) is 0 Å². The average Bonchev–Trinajstić information content (AvgIpc) is 2.83. The predicted octanol–water partition coefficient (Wildman–Crippen LogP) is 4.48. The van der Waals surface area contributed by atoms with Crippen LogP contribution in [-0.4, -0.2) is 67.3 Å². The lowest BCUT2D eigenvalue weighted by atomic mass is 10.1. The van der Waals surface area contributed by atoms with Gasteiger partial charge in [-0.3, -0.25) is 4.98 Å². The molecule has 3 heterocycles. The van der Waals surface area contributed by atoms with Gasteiger partial charge in [0.2, 0.25) is 0 Å². The second-order valence-electron chi connectivity index (χ2n) is 8.72. The first-order valence-electron chi connectivity index (χ1n) is 11.5. The molecule has 1 aromatic heterocycles. The van der Waals surface area contributed by atoms with Crippen LogP contribution in [0.15, 0.2) is 46.9 Å². The number of rotatable bonds is 6. The van der Waals surface area contributed by atoms with Gasteiger partial charge >= 0.3 is 0 Å². The highest BCUT2D eigenvalue weighted by Gasteiger charge is 2.18. The molecule has 168 valence electrons. The summed E-state index contributed by atoms with van der Waals surface area (Å²) in [7, 11) is 0. The Morgan fingerprint density at radius 3 is 2.34 bits per heavy atom. The van der Waals surface area contributed by atoms with Crippen molar-refractivity contribution in [3.63, 3.8) is 0 Å². The lowest BCUT2D eigenvalue weighted by Gasteiger charge is -2.34. The maximum atomic E-state index is 5.72. The summed E-state index contributed by atoms with van der Waals surface area (Å²) < 4.78 is 12.5. The van der Waals surface area contributed by atoms with Crippen LogP contribution in [0.1, 0.15) is 16.8 Å². The Hall–Kier alpha value is -2.15. The van der Waals surface area contributed by atoms with E-state index in [1.54, 1.807) is 0 Å². The van der Waals surface area contributed by atoms with Crippen molar-refractivity contribution in [2.24, 2.45) is 0 Å². The van der Waals surface area contributed by atoms with Gasteiger partial charge in [0.1, 0.15) is 13.2 Å². The zero-order chi connectivity index (χ0) is 21.9. The van der Waals surface area contributed by atoms with Gasteiger partial charge in [-0.1, -0.05) is 28.1 Å². The highest BCUT2D eigenvalue weighted by molar-refractivity contribution is 9.10. The van der Waals surface area contributed by atoms with Gasteiger partial charge in [0.05, 0.1) is 5.52 Å².